The maximum atomic E-state index is 10.4. The molecule has 5 heteroatoms. The van der Waals surface area contributed by atoms with Gasteiger partial charge in [-0.05, 0) is 43.2 Å². The van der Waals surface area contributed by atoms with Crippen LogP contribution in [-0.2, 0) is 13.2 Å². The number of aromatic nitrogens is 1. The number of hydrogen-bond donors (Lipinski definition) is 2. The molecule has 0 atom stereocenters. The van der Waals surface area contributed by atoms with E-state index >= 15 is 0 Å². The van der Waals surface area contributed by atoms with E-state index in [1.165, 1.54) is 0 Å². The zero-order chi connectivity index (χ0) is 17.4. The predicted molar refractivity (Wildman–Crippen MR) is 99.9 cm³/mol. The number of rotatable bonds is 9. The van der Waals surface area contributed by atoms with Crippen LogP contribution in [0.3, 0.4) is 0 Å². The average Bonchev–Trinajstić information content (AvgIpc) is 2.61. The molecule has 0 saturated heterocycles. The largest absolute Gasteiger partial charge is 0.487 e. The summed E-state index contributed by atoms with van der Waals surface area (Å²) in [4.78, 5) is 4.27. The molecular weight excluding hydrogens is 368 g/mol. The molecule has 0 aliphatic rings. The topological polar surface area (TPSA) is 54.4 Å². The first-order chi connectivity index (χ1) is 11.6. The predicted octanol–water partition coefficient (Wildman–Crippen LogP) is 4.06. The summed E-state index contributed by atoms with van der Waals surface area (Å²) in [6, 6.07) is 11.7. The Morgan fingerprint density at radius 1 is 1.21 bits per heavy atom. The summed E-state index contributed by atoms with van der Waals surface area (Å²) in [5.41, 5.74) is 1.29. The van der Waals surface area contributed by atoms with Crippen LogP contribution in [0.4, 0.5) is 0 Å². The van der Waals surface area contributed by atoms with Crippen LogP contribution >= 0.6 is 15.9 Å². The monoisotopic (exact) mass is 392 g/mol. The maximum Gasteiger partial charge on any atom is 0.130 e. The molecule has 1 aromatic heterocycles. The second kappa shape index (κ2) is 9.16. The van der Waals surface area contributed by atoms with Crippen molar-refractivity contribution < 1.29 is 9.84 Å². The van der Waals surface area contributed by atoms with Gasteiger partial charge in [0.2, 0.25) is 0 Å². The Balaban J connectivity index is 1.99. The normalized spacial score (nSPS) is 11.5. The molecule has 0 amide bonds. The van der Waals surface area contributed by atoms with Crippen molar-refractivity contribution in [3.63, 3.8) is 0 Å². The summed E-state index contributed by atoms with van der Waals surface area (Å²) in [5, 5.41) is 13.7. The molecule has 0 spiro atoms. The van der Waals surface area contributed by atoms with Crippen LogP contribution in [0.15, 0.2) is 47.1 Å². The van der Waals surface area contributed by atoms with Crippen LogP contribution in [0.25, 0.3) is 0 Å². The number of ether oxygens (including phenoxy) is 1. The number of benzene rings is 1. The molecule has 0 fully saturated rings. The van der Waals surface area contributed by atoms with E-state index in [4.69, 9.17) is 4.74 Å². The molecular formula is C19H25BrN2O2. The molecule has 1 aromatic carbocycles. The molecule has 1 heterocycles. The van der Waals surface area contributed by atoms with Gasteiger partial charge in [0, 0.05) is 29.3 Å². The minimum atomic E-state index is -0.652. The minimum Gasteiger partial charge on any atom is -0.487 e. The highest BCUT2D eigenvalue weighted by atomic mass is 79.9. The van der Waals surface area contributed by atoms with Crippen molar-refractivity contribution in [1.29, 1.82) is 0 Å². The SMILES string of the molecule is CCC(O)(CC)CNCc1cc(Br)ccc1OCc1ccccn1. The second-order valence-corrected chi connectivity index (χ2v) is 6.81. The van der Waals surface area contributed by atoms with Gasteiger partial charge in [0.1, 0.15) is 12.4 Å². The first-order valence-electron chi connectivity index (χ1n) is 8.30. The van der Waals surface area contributed by atoms with Gasteiger partial charge in [-0.15, -0.1) is 0 Å². The van der Waals surface area contributed by atoms with E-state index in [2.05, 4.69) is 26.2 Å². The molecule has 0 aliphatic heterocycles. The summed E-state index contributed by atoms with van der Waals surface area (Å²) in [5.74, 6) is 0.827. The van der Waals surface area contributed by atoms with Crippen LogP contribution in [-0.4, -0.2) is 22.2 Å². The number of nitrogens with zero attached hydrogens (tertiary/aromatic N) is 1. The van der Waals surface area contributed by atoms with Gasteiger partial charge in [-0.25, -0.2) is 0 Å². The Bertz CT molecular complexity index is 631. The van der Waals surface area contributed by atoms with Crippen molar-refractivity contribution in [3.05, 3.63) is 58.3 Å². The van der Waals surface area contributed by atoms with Gasteiger partial charge in [0.05, 0.1) is 11.3 Å². The van der Waals surface area contributed by atoms with Crippen molar-refractivity contribution in [2.75, 3.05) is 6.54 Å². The Hall–Kier alpha value is -1.43. The van der Waals surface area contributed by atoms with Crippen LogP contribution < -0.4 is 10.1 Å². The molecule has 2 N–H and O–H groups in total. The smallest absolute Gasteiger partial charge is 0.130 e. The summed E-state index contributed by atoms with van der Waals surface area (Å²) in [6.45, 7) is 5.65. The minimum absolute atomic E-state index is 0.434. The number of halogens is 1. The van der Waals surface area contributed by atoms with Gasteiger partial charge in [0.15, 0.2) is 0 Å². The Morgan fingerprint density at radius 2 is 2.00 bits per heavy atom. The van der Waals surface area contributed by atoms with Gasteiger partial charge in [0.25, 0.3) is 0 Å². The molecule has 2 rings (SSSR count). The van der Waals surface area contributed by atoms with Crippen LogP contribution in [0.2, 0.25) is 0 Å². The molecule has 4 nitrogen and oxygen atoms in total. The van der Waals surface area contributed by atoms with Gasteiger partial charge < -0.3 is 15.2 Å². The van der Waals surface area contributed by atoms with E-state index in [0.717, 1.165) is 34.3 Å². The highest BCUT2D eigenvalue weighted by molar-refractivity contribution is 9.10. The molecule has 0 bridgehead atoms. The van der Waals surface area contributed by atoms with Crippen LogP contribution in [0, 0.1) is 0 Å². The maximum absolute atomic E-state index is 10.4. The fourth-order valence-corrected chi connectivity index (χ4v) is 2.80. The summed E-state index contributed by atoms with van der Waals surface area (Å²) in [7, 11) is 0. The van der Waals surface area contributed by atoms with E-state index in [0.29, 0.717) is 19.7 Å². The van der Waals surface area contributed by atoms with E-state index in [1.807, 2.05) is 50.2 Å². The average molecular weight is 393 g/mol. The first kappa shape index (κ1) is 18.9. The molecule has 0 radical (unpaired) electrons. The fourth-order valence-electron chi connectivity index (χ4n) is 2.39. The third-order valence-corrected chi connectivity index (χ3v) is 4.70. The zero-order valence-electron chi connectivity index (χ0n) is 14.3. The summed E-state index contributed by atoms with van der Waals surface area (Å²) >= 11 is 3.51. The number of pyridine rings is 1. The van der Waals surface area contributed by atoms with Gasteiger partial charge in [-0.2, -0.15) is 0 Å². The van der Waals surface area contributed by atoms with E-state index < -0.39 is 5.60 Å². The Morgan fingerprint density at radius 3 is 2.67 bits per heavy atom. The second-order valence-electron chi connectivity index (χ2n) is 5.90. The van der Waals surface area contributed by atoms with Gasteiger partial charge >= 0.3 is 0 Å². The third-order valence-electron chi connectivity index (χ3n) is 4.21. The van der Waals surface area contributed by atoms with Crippen molar-refractivity contribution in [2.45, 2.75) is 45.4 Å². The lowest BCUT2D eigenvalue weighted by Crippen LogP contribution is -2.39. The van der Waals surface area contributed by atoms with Crippen molar-refractivity contribution in [3.8, 4) is 5.75 Å². The van der Waals surface area contributed by atoms with Crippen LogP contribution in [0.1, 0.15) is 37.9 Å². The molecule has 0 aliphatic carbocycles. The van der Waals surface area contributed by atoms with Gasteiger partial charge in [-0.3, -0.25) is 4.98 Å². The zero-order valence-corrected chi connectivity index (χ0v) is 15.8. The summed E-state index contributed by atoms with van der Waals surface area (Å²) in [6.07, 6.45) is 3.23. The van der Waals surface area contributed by atoms with Crippen molar-refractivity contribution in [1.82, 2.24) is 10.3 Å². The number of aliphatic hydroxyl groups is 1. The summed E-state index contributed by atoms with van der Waals surface area (Å²) < 4.78 is 6.93. The molecule has 0 saturated carbocycles. The van der Waals surface area contributed by atoms with Gasteiger partial charge in [-0.1, -0.05) is 35.8 Å². The van der Waals surface area contributed by atoms with E-state index in [1.54, 1.807) is 6.20 Å². The Kier molecular flexibility index (Phi) is 7.21. The van der Waals surface area contributed by atoms with Crippen LogP contribution in [0.5, 0.6) is 5.75 Å². The molecule has 2 aromatic rings. The third kappa shape index (κ3) is 5.58. The molecule has 130 valence electrons. The van der Waals surface area contributed by atoms with E-state index in [9.17, 15) is 5.11 Å². The lowest BCUT2D eigenvalue weighted by atomic mass is 9.97. The standard InChI is InChI=1S/C19H25BrN2O2/c1-3-19(23,4-2)14-21-12-15-11-16(20)8-9-18(15)24-13-17-7-5-6-10-22-17/h5-11,21,23H,3-4,12-14H2,1-2H3. The Labute approximate surface area is 152 Å². The lowest BCUT2D eigenvalue weighted by Gasteiger charge is -2.25. The van der Waals surface area contributed by atoms with Crippen molar-refractivity contribution in [2.24, 2.45) is 0 Å². The quantitative estimate of drug-likeness (QED) is 0.675. The number of hydrogen-bond acceptors (Lipinski definition) is 4. The van der Waals surface area contributed by atoms with E-state index in [-0.39, 0.29) is 0 Å². The highest BCUT2D eigenvalue weighted by Crippen LogP contribution is 2.24. The highest BCUT2D eigenvalue weighted by Gasteiger charge is 2.21. The number of nitrogens with one attached hydrogen (secondary N) is 1. The molecule has 0 unspecified atom stereocenters. The first-order valence-corrected chi connectivity index (χ1v) is 9.10. The van der Waals surface area contributed by atoms with Crippen molar-refractivity contribution >= 4 is 15.9 Å². The molecule has 24 heavy (non-hydrogen) atoms. The lowest BCUT2D eigenvalue weighted by molar-refractivity contribution is 0.0322. The fraction of sp³-hybridized carbons (Fsp3) is 0.421.